The Morgan fingerprint density at radius 3 is 1.50 bits per heavy atom. The van der Waals surface area contributed by atoms with E-state index in [0.29, 0.717) is 0 Å². The van der Waals surface area contributed by atoms with E-state index in [9.17, 15) is 0 Å². The summed E-state index contributed by atoms with van der Waals surface area (Å²) in [6.07, 6.45) is 16.5. The second-order valence-electron chi connectivity index (χ2n) is 11.2. The molecule has 0 bridgehead atoms. The van der Waals surface area contributed by atoms with E-state index in [1.807, 2.05) is 0 Å². The number of rotatable bonds is 12. The molecule has 0 fully saturated rings. The minimum absolute atomic E-state index is 0.947. The van der Waals surface area contributed by atoms with Crippen molar-refractivity contribution in [2.75, 3.05) is 16.3 Å². The Balaban J connectivity index is 1.11. The van der Waals surface area contributed by atoms with Gasteiger partial charge in [0.2, 0.25) is 0 Å². The molecule has 0 radical (unpaired) electrons. The van der Waals surface area contributed by atoms with Crippen LogP contribution in [-0.4, -0.2) is 6.54 Å². The lowest BCUT2D eigenvalue weighted by molar-refractivity contribution is -0.697. The summed E-state index contributed by atoms with van der Waals surface area (Å²) in [6.45, 7) is 5.29. The predicted molar refractivity (Wildman–Crippen MR) is 174 cm³/mol. The van der Waals surface area contributed by atoms with Gasteiger partial charge in [0, 0.05) is 49.3 Å². The summed E-state index contributed by atoms with van der Waals surface area (Å²) in [4.78, 5) is 4.87. The fraction of sp³-hybridized carbons (Fsp3) is 0.263. The SMILES string of the molecule is CCCCCCC[n+]1ccc(-c2cc[n+](CCCN3c4ccccc4N(c4ccccc4)c4ccccc43)cc2)cc1. The topological polar surface area (TPSA) is 14.2 Å². The van der Waals surface area contributed by atoms with E-state index < -0.39 is 0 Å². The number of benzene rings is 3. The molecule has 0 unspecified atom stereocenters. The van der Waals surface area contributed by atoms with Crippen LogP contribution >= 0.6 is 0 Å². The highest BCUT2D eigenvalue weighted by Crippen LogP contribution is 2.50. The summed E-state index contributed by atoms with van der Waals surface area (Å²) in [6, 6.07) is 37.2. The van der Waals surface area contributed by atoms with Gasteiger partial charge in [-0.1, -0.05) is 68.7 Å². The normalized spacial score (nSPS) is 12.2. The molecule has 3 aromatic carbocycles. The van der Waals surface area contributed by atoms with Crippen molar-refractivity contribution in [1.82, 2.24) is 0 Å². The molecule has 2 aromatic heterocycles. The summed E-state index contributed by atoms with van der Waals surface area (Å²) < 4.78 is 4.62. The van der Waals surface area contributed by atoms with Crippen LogP contribution in [0.3, 0.4) is 0 Å². The van der Waals surface area contributed by atoms with Gasteiger partial charge in [0.05, 0.1) is 22.7 Å². The molecule has 3 heterocycles. The second-order valence-corrected chi connectivity index (χ2v) is 11.2. The smallest absolute Gasteiger partial charge is 0.169 e. The van der Waals surface area contributed by atoms with Crippen molar-refractivity contribution in [3.05, 3.63) is 128 Å². The molecule has 1 aliphatic rings. The third-order valence-corrected chi connectivity index (χ3v) is 8.27. The Hall–Kier alpha value is -4.44. The number of unbranched alkanes of at least 4 members (excludes halogenated alkanes) is 4. The zero-order chi connectivity index (χ0) is 28.6. The molecule has 0 saturated heterocycles. The molecular weight excluding hydrogens is 512 g/mol. The van der Waals surface area contributed by atoms with E-state index in [0.717, 1.165) is 26.1 Å². The zero-order valence-corrected chi connectivity index (χ0v) is 24.8. The van der Waals surface area contributed by atoms with Gasteiger partial charge in [0.1, 0.15) is 13.1 Å². The van der Waals surface area contributed by atoms with Gasteiger partial charge in [-0.15, -0.1) is 0 Å². The van der Waals surface area contributed by atoms with E-state index in [1.165, 1.54) is 71.7 Å². The highest BCUT2D eigenvalue weighted by atomic mass is 15.3. The van der Waals surface area contributed by atoms with Crippen molar-refractivity contribution in [3.8, 4) is 11.1 Å². The van der Waals surface area contributed by atoms with Crippen LogP contribution in [0.1, 0.15) is 45.4 Å². The molecule has 4 heteroatoms. The van der Waals surface area contributed by atoms with Crippen molar-refractivity contribution in [1.29, 1.82) is 0 Å². The van der Waals surface area contributed by atoms with Gasteiger partial charge >= 0.3 is 0 Å². The van der Waals surface area contributed by atoms with Gasteiger partial charge < -0.3 is 9.80 Å². The molecule has 4 nitrogen and oxygen atoms in total. The van der Waals surface area contributed by atoms with Crippen LogP contribution in [0.5, 0.6) is 0 Å². The molecule has 0 atom stereocenters. The number of aryl methyl sites for hydroxylation is 2. The predicted octanol–water partition coefficient (Wildman–Crippen LogP) is 8.91. The monoisotopic (exact) mass is 554 g/mol. The van der Waals surface area contributed by atoms with Crippen LogP contribution in [-0.2, 0) is 13.1 Å². The number of hydrogen-bond donors (Lipinski definition) is 0. The number of fused-ring (bicyclic) bond motifs is 2. The number of nitrogens with zero attached hydrogens (tertiary/aromatic N) is 4. The van der Waals surface area contributed by atoms with Crippen LogP contribution in [0.4, 0.5) is 28.4 Å². The average Bonchev–Trinajstić information content (AvgIpc) is 3.05. The molecule has 42 heavy (non-hydrogen) atoms. The van der Waals surface area contributed by atoms with Crippen LogP contribution in [0.15, 0.2) is 128 Å². The van der Waals surface area contributed by atoms with Gasteiger partial charge in [-0.05, 0) is 53.9 Å². The van der Waals surface area contributed by atoms with Crippen molar-refractivity contribution >= 4 is 28.4 Å². The first-order valence-electron chi connectivity index (χ1n) is 15.6. The number of pyridine rings is 2. The highest BCUT2D eigenvalue weighted by Gasteiger charge is 2.28. The maximum atomic E-state index is 2.49. The molecule has 1 aliphatic heterocycles. The minimum Gasteiger partial charge on any atom is -0.338 e. The molecule has 212 valence electrons. The Labute approximate surface area is 251 Å². The molecule has 0 N–H and O–H groups in total. The third-order valence-electron chi connectivity index (χ3n) is 8.27. The Morgan fingerprint density at radius 1 is 0.476 bits per heavy atom. The Bertz CT molecular complexity index is 1510. The number of aromatic nitrogens is 2. The van der Waals surface area contributed by atoms with Gasteiger partial charge in [0.25, 0.3) is 0 Å². The lowest BCUT2D eigenvalue weighted by Crippen LogP contribution is -2.35. The molecule has 6 rings (SSSR count). The van der Waals surface area contributed by atoms with Gasteiger partial charge in [0.15, 0.2) is 24.8 Å². The summed E-state index contributed by atoms with van der Waals surface area (Å²) >= 11 is 0. The van der Waals surface area contributed by atoms with Crippen LogP contribution in [0.2, 0.25) is 0 Å². The number of anilines is 5. The lowest BCUT2D eigenvalue weighted by Gasteiger charge is -2.40. The van der Waals surface area contributed by atoms with Gasteiger partial charge in [-0.25, -0.2) is 9.13 Å². The van der Waals surface area contributed by atoms with E-state index in [1.54, 1.807) is 0 Å². The lowest BCUT2D eigenvalue weighted by atomic mass is 10.1. The zero-order valence-electron chi connectivity index (χ0n) is 24.8. The van der Waals surface area contributed by atoms with Crippen LogP contribution in [0, 0.1) is 0 Å². The molecule has 0 aliphatic carbocycles. The number of para-hydroxylation sites is 5. The third kappa shape index (κ3) is 6.23. The molecule has 0 amide bonds. The fourth-order valence-electron chi connectivity index (χ4n) is 6.03. The second kappa shape index (κ2) is 13.5. The van der Waals surface area contributed by atoms with E-state index in [2.05, 4.69) is 154 Å². The van der Waals surface area contributed by atoms with Gasteiger partial charge in [-0.2, -0.15) is 0 Å². The number of hydrogen-bond acceptors (Lipinski definition) is 2. The van der Waals surface area contributed by atoms with Crippen LogP contribution in [0.25, 0.3) is 11.1 Å². The van der Waals surface area contributed by atoms with E-state index in [4.69, 9.17) is 0 Å². The van der Waals surface area contributed by atoms with Crippen molar-refractivity contribution in [2.24, 2.45) is 0 Å². The highest BCUT2D eigenvalue weighted by molar-refractivity contribution is 5.97. The molecule has 0 saturated carbocycles. The average molecular weight is 555 g/mol. The molecule has 0 spiro atoms. The largest absolute Gasteiger partial charge is 0.338 e. The Morgan fingerprint density at radius 2 is 0.952 bits per heavy atom. The summed E-state index contributed by atoms with van der Waals surface area (Å²) in [7, 11) is 0. The molecule has 5 aromatic rings. The fourth-order valence-corrected chi connectivity index (χ4v) is 6.03. The quantitative estimate of drug-likeness (QED) is 0.113. The van der Waals surface area contributed by atoms with Crippen LogP contribution < -0.4 is 18.9 Å². The van der Waals surface area contributed by atoms with Crippen molar-refractivity contribution < 1.29 is 9.13 Å². The standard InChI is InChI=1S/C38H42N4/c1-2-3-4-5-13-25-39-28-21-32(22-29-39)33-23-30-40(31-24-33)26-14-27-41-35-17-9-11-19-37(35)42(34-15-7-6-8-16-34)38-20-12-10-18-36(38)41/h6-12,15-24,28-31H,2-5,13-14,25-27H2,1H3/q+2. The Kier molecular flexibility index (Phi) is 8.90. The summed E-state index contributed by atoms with van der Waals surface area (Å²) in [5, 5.41) is 0. The first kappa shape index (κ1) is 27.7. The van der Waals surface area contributed by atoms with Crippen molar-refractivity contribution in [3.63, 3.8) is 0 Å². The minimum atomic E-state index is 0.947. The van der Waals surface area contributed by atoms with E-state index >= 15 is 0 Å². The van der Waals surface area contributed by atoms with E-state index in [-0.39, 0.29) is 0 Å². The first-order chi connectivity index (χ1) is 20.8. The summed E-state index contributed by atoms with van der Waals surface area (Å²) in [5.74, 6) is 0. The first-order valence-corrected chi connectivity index (χ1v) is 15.6. The van der Waals surface area contributed by atoms with Gasteiger partial charge in [-0.3, -0.25) is 0 Å². The maximum absolute atomic E-state index is 2.49. The van der Waals surface area contributed by atoms with Crippen molar-refractivity contribution in [2.45, 2.75) is 58.5 Å². The molecular formula is C38H42N4+2. The maximum Gasteiger partial charge on any atom is 0.169 e. The summed E-state index contributed by atoms with van der Waals surface area (Å²) in [5.41, 5.74) is 8.67.